The minimum Gasteiger partial charge on any atom is -0.383 e. The van der Waals surface area contributed by atoms with Crippen LogP contribution >= 0.6 is 0 Å². The minimum atomic E-state index is -4.73. The molecule has 134 valence electrons. The second-order valence-electron chi connectivity index (χ2n) is 6.39. The largest absolute Gasteiger partial charge is 0.394 e. The van der Waals surface area contributed by atoms with Crippen LogP contribution in [0.15, 0.2) is 0 Å². The molecule has 1 amide bonds. The summed E-state index contributed by atoms with van der Waals surface area (Å²) in [5, 5.41) is 8.21. The van der Waals surface area contributed by atoms with E-state index in [0.29, 0.717) is 12.8 Å². The van der Waals surface area contributed by atoms with E-state index < -0.39 is 52.5 Å². The van der Waals surface area contributed by atoms with Crippen LogP contribution in [0, 0.1) is 11.8 Å². The molecule has 0 aromatic rings. The Kier molecular flexibility index (Phi) is 4.99. The molecule has 0 aromatic heterocycles. The standard InChI is InChI=1S/C13H21F3N2O4S/c1-17(2)23(21,22)10-7-18(6-9(10)13(14,15)16)12(20)11(19)8-4-3-5-8/h8-11,19H,3-7H2,1-2H3/t9-,10-,11?/m1/s1. The Morgan fingerprint density at radius 1 is 1.26 bits per heavy atom. The zero-order chi connectivity index (χ0) is 17.6. The molecule has 0 spiro atoms. The molecule has 2 fully saturated rings. The van der Waals surface area contributed by atoms with Gasteiger partial charge in [-0.3, -0.25) is 4.79 Å². The summed E-state index contributed by atoms with van der Waals surface area (Å²) in [5.74, 6) is -3.19. The summed E-state index contributed by atoms with van der Waals surface area (Å²) in [4.78, 5) is 13.0. The van der Waals surface area contributed by atoms with Gasteiger partial charge in [0.1, 0.15) is 11.4 Å². The Morgan fingerprint density at radius 3 is 2.22 bits per heavy atom. The Morgan fingerprint density at radius 2 is 1.83 bits per heavy atom. The summed E-state index contributed by atoms with van der Waals surface area (Å²) < 4.78 is 64.6. The molecule has 6 nitrogen and oxygen atoms in total. The number of hydrogen-bond acceptors (Lipinski definition) is 4. The molecule has 1 aliphatic heterocycles. The summed E-state index contributed by atoms with van der Waals surface area (Å²) in [6.45, 7) is -1.28. The number of aliphatic hydroxyl groups excluding tert-OH is 1. The van der Waals surface area contributed by atoms with Crippen molar-refractivity contribution in [3.63, 3.8) is 0 Å². The van der Waals surface area contributed by atoms with Gasteiger partial charge in [0.05, 0.1) is 5.92 Å². The Bertz CT molecular complexity index is 560. The van der Waals surface area contributed by atoms with E-state index in [9.17, 15) is 31.5 Å². The third-order valence-electron chi connectivity index (χ3n) is 4.74. The van der Waals surface area contributed by atoms with E-state index in [1.807, 2.05) is 0 Å². The van der Waals surface area contributed by atoms with Crippen molar-refractivity contribution in [2.75, 3.05) is 27.2 Å². The van der Waals surface area contributed by atoms with Crippen molar-refractivity contribution in [3.8, 4) is 0 Å². The normalized spacial score (nSPS) is 28.0. The quantitative estimate of drug-likeness (QED) is 0.791. The van der Waals surface area contributed by atoms with Gasteiger partial charge < -0.3 is 10.0 Å². The van der Waals surface area contributed by atoms with Crippen molar-refractivity contribution in [1.82, 2.24) is 9.21 Å². The van der Waals surface area contributed by atoms with Gasteiger partial charge >= 0.3 is 6.18 Å². The van der Waals surface area contributed by atoms with Crippen LogP contribution in [0.3, 0.4) is 0 Å². The Hall–Kier alpha value is -0.870. The molecule has 1 N–H and O–H groups in total. The SMILES string of the molecule is CN(C)S(=O)(=O)[C@@H]1CN(C(=O)C(O)C2CCC2)C[C@H]1C(F)(F)F. The van der Waals surface area contributed by atoms with Gasteiger partial charge in [-0.1, -0.05) is 6.42 Å². The number of likely N-dealkylation sites (tertiary alicyclic amines) is 1. The van der Waals surface area contributed by atoms with Gasteiger partial charge in [0.25, 0.3) is 5.91 Å². The lowest BCUT2D eigenvalue weighted by molar-refractivity contribution is -0.171. The fourth-order valence-electron chi connectivity index (χ4n) is 2.99. The molecule has 0 aromatic carbocycles. The number of amides is 1. The lowest BCUT2D eigenvalue weighted by Crippen LogP contribution is -2.45. The van der Waals surface area contributed by atoms with Gasteiger partial charge in [-0.15, -0.1) is 0 Å². The molecule has 23 heavy (non-hydrogen) atoms. The van der Waals surface area contributed by atoms with E-state index in [4.69, 9.17) is 0 Å². The Labute approximate surface area is 133 Å². The number of rotatable bonds is 4. The number of carbonyl (C=O) groups is 1. The van der Waals surface area contributed by atoms with E-state index in [1.165, 1.54) is 0 Å². The maximum atomic E-state index is 13.2. The molecule has 0 radical (unpaired) electrons. The Balaban J connectivity index is 2.21. The van der Waals surface area contributed by atoms with Gasteiger partial charge in [-0.05, 0) is 18.8 Å². The molecule has 3 atom stereocenters. The predicted molar refractivity (Wildman–Crippen MR) is 75.9 cm³/mol. The first-order chi connectivity index (χ1) is 10.5. The highest BCUT2D eigenvalue weighted by molar-refractivity contribution is 7.89. The maximum Gasteiger partial charge on any atom is 0.394 e. The average molecular weight is 358 g/mol. The van der Waals surface area contributed by atoms with Gasteiger partial charge in [0.2, 0.25) is 10.0 Å². The van der Waals surface area contributed by atoms with Crippen molar-refractivity contribution >= 4 is 15.9 Å². The number of carbonyl (C=O) groups excluding carboxylic acids is 1. The minimum absolute atomic E-state index is 0.239. The maximum absolute atomic E-state index is 13.2. The van der Waals surface area contributed by atoms with Crippen LogP contribution in [-0.4, -0.2) is 73.4 Å². The van der Waals surface area contributed by atoms with E-state index >= 15 is 0 Å². The van der Waals surface area contributed by atoms with Crippen LogP contribution in [0.25, 0.3) is 0 Å². The summed E-state index contributed by atoms with van der Waals surface area (Å²) >= 11 is 0. The lowest BCUT2D eigenvalue weighted by Gasteiger charge is -2.31. The molecule has 10 heteroatoms. The number of halogens is 3. The van der Waals surface area contributed by atoms with Crippen molar-refractivity contribution in [2.24, 2.45) is 11.8 Å². The molecule has 1 unspecified atom stereocenters. The molecule has 2 aliphatic rings. The van der Waals surface area contributed by atoms with Crippen molar-refractivity contribution in [1.29, 1.82) is 0 Å². The second kappa shape index (κ2) is 6.21. The summed E-state index contributed by atoms with van der Waals surface area (Å²) in [7, 11) is -1.85. The van der Waals surface area contributed by atoms with Crippen LogP contribution in [-0.2, 0) is 14.8 Å². The van der Waals surface area contributed by atoms with Crippen molar-refractivity contribution in [2.45, 2.75) is 36.8 Å². The monoisotopic (exact) mass is 358 g/mol. The van der Waals surface area contributed by atoms with E-state index in [0.717, 1.165) is 29.7 Å². The van der Waals surface area contributed by atoms with Gasteiger partial charge in [0.15, 0.2) is 0 Å². The summed E-state index contributed by atoms with van der Waals surface area (Å²) in [6, 6.07) is 0. The third-order valence-corrected chi connectivity index (χ3v) is 7.00. The second-order valence-corrected chi connectivity index (χ2v) is 8.76. The molecule has 0 bridgehead atoms. The zero-order valence-corrected chi connectivity index (χ0v) is 13.8. The third kappa shape index (κ3) is 3.48. The van der Waals surface area contributed by atoms with Crippen LogP contribution < -0.4 is 0 Å². The van der Waals surface area contributed by atoms with Crippen LogP contribution in [0.1, 0.15) is 19.3 Å². The molecule has 1 saturated heterocycles. The van der Waals surface area contributed by atoms with Gasteiger partial charge in [0, 0.05) is 27.2 Å². The molecular weight excluding hydrogens is 337 g/mol. The first-order valence-electron chi connectivity index (χ1n) is 7.41. The van der Waals surface area contributed by atoms with E-state index in [-0.39, 0.29) is 5.92 Å². The summed E-state index contributed by atoms with van der Waals surface area (Å²) in [6.07, 6.45) is -3.90. The first-order valence-corrected chi connectivity index (χ1v) is 8.91. The first kappa shape index (κ1) is 18.5. The van der Waals surface area contributed by atoms with Gasteiger partial charge in [-0.2, -0.15) is 13.2 Å². The van der Waals surface area contributed by atoms with Crippen molar-refractivity contribution in [3.05, 3.63) is 0 Å². The van der Waals surface area contributed by atoms with E-state index in [2.05, 4.69) is 0 Å². The number of aliphatic hydroxyl groups is 1. The lowest BCUT2D eigenvalue weighted by atomic mass is 9.80. The molecule has 1 saturated carbocycles. The highest BCUT2D eigenvalue weighted by Crippen LogP contribution is 2.39. The highest BCUT2D eigenvalue weighted by Gasteiger charge is 2.56. The fraction of sp³-hybridized carbons (Fsp3) is 0.923. The predicted octanol–water partition coefficient (Wildman–Crippen LogP) is 0.428. The van der Waals surface area contributed by atoms with Crippen LogP contribution in [0.4, 0.5) is 13.2 Å². The average Bonchev–Trinajstić information content (AvgIpc) is 2.80. The topological polar surface area (TPSA) is 77.9 Å². The van der Waals surface area contributed by atoms with Crippen LogP contribution in [0.2, 0.25) is 0 Å². The number of hydrogen-bond donors (Lipinski definition) is 1. The molecule has 1 aliphatic carbocycles. The smallest absolute Gasteiger partial charge is 0.383 e. The fourth-order valence-corrected chi connectivity index (χ4v) is 4.55. The van der Waals surface area contributed by atoms with Crippen LogP contribution in [0.5, 0.6) is 0 Å². The number of alkyl halides is 3. The summed E-state index contributed by atoms with van der Waals surface area (Å²) in [5.41, 5.74) is 0. The highest BCUT2D eigenvalue weighted by atomic mass is 32.2. The number of nitrogens with zero attached hydrogens (tertiary/aromatic N) is 2. The molecule has 2 rings (SSSR count). The number of sulfonamides is 1. The van der Waals surface area contributed by atoms with E-state index in [1.54, 1.807) is 0 Å². The van der Waals surface area contributed by atoms with Crippen molar-refractivity contribution < 1.29 is 31.5 Å². The zero-order valence-electron chi connectivity index (χ0n) is 13.0. The molecule has 1 heterocycles. The van der Waals surface area contributed by atoms with Gasteiger partial charge in [-0.25, -0.2) is 12.7 Å². The molecular formula is C13H21F3N2O4S.